The Morgan fingerprint density at radius 2 is 1.60 bits per heavy atom. The molecule has 10 heteroatoms. The first-order valence-corrected chi connectivity index (χ1v) is 15.0. The molecule has 0 spiro atoms. The number of nitrogens with one attached hydrogen (secondary N) is 3. The number of benzene rings is 4. The first kappa shape index (κ1) is 31.7. The van der Waals surface area contributed by atoms with Crippen molar-refractivity contribution in [2.75, 3.05) is 17.7 Å². The number of ether oxygens (including phenoxy) is 1. The largest absolute Gasteiger partial charge is 0.495 e. The van der Waals surface area contributed by atoms with Crippen LogP contribution in [-0.4, -0.2) is 30.1 Å². The fourth-order valence-corrected chi connectivity index (χ4v) is 5.47. The molecule has 0 saturated heterocycles. The monoisotopic (exact) mass is 633 g/mol. The van der Waals surface area contributed by atoms with Gasteiger partial charge in [-0.05, 0) is 78.7 Å². The normalized spacial score (nSPS) is 11.8. The lowest BCUT2D eigenvalue weighted by Gasteiger charge is -2.16. The minimum Gasteiger partial charge on any atom is -0.495 e. The van der Waals surface area contributed by atoms with Crippen LogP contribution >= 0.6 is 35.0 Å². The highest BCUT2D eigenvalue weighted by Gasteiger charge is 2.20. The van der Waals surface area contributed by atoms with Crippen LogP contribution in [0.1, 0.15) is 29.3 Å². The summed E-state index contributed by atoms with van der Waals surface area (Å²) >= 11 is 13.7. The predicted octanol–water partition coefficient (Wildman–Crippen LogP) is 7.92. The van der Waals surface area contributed by atoms with Crippen LogP contribution in [-0.2, 0) is 9.59 Å². The van der Waals surface area contributed by atoms with Crippen molar-refractivity contribution in [2.45, 2.75) is 23.5 Å². The zero-order chi connectivity index (χ0) is 30.8. The lowest BCUT2D eigenvalue weighted by atomic mass is 10.1. The van der Waals surface area contributed by atoms with Crippen LogP contribution in [0.5, 0.6) is 5.75 Å². The molecular weight excluding hydrogens is 605 g/mol. The molecule has 0 aliphatic rings. The molecule has 43 heavy (non-hydrogen) atoms. The number of hydrogen-bond donors (Lipinski definition) is 3. The molecular formula is C33H29Cl2N3O4S. The summed E-state index contributed by atoms with van der Waals surface area (Å²) in [5.41, 5.74) is 2.15. The molecule has 0 saturated carbocycles. The predicted molar refractivity (Wildman–Crippen MR) is 175 cm³/mol. The van der Waals surface area contributed by atoms with Crippen molar-refractivity contribution in [2.24, 2.45) is 0 Å². The van der Waals surface area contributed by atoms with Crippen LogP contribution in [0.15, 0.2) is 108 Å². The van der Waals surface area contributed by atoms with E-state index in [1.807, 2.05) is 13.0 Å². The smallest absolute Gasteiger partial charge is 0.272 e. The highest BCUT2D eigenvalue weighted by molar-refractivity contribution is 8.00. The fraction of sp³-hybridized carbons (Fsp3) is 0.121. The molecule has 7 nitrogen and oxygen atoms in total. The van der Waals surface area contributed by atoms with Crippen LogP contribution in [0.3, 0.4) is 0 Å². The van der Waals surface area contributed by atoms with Crippen LogP contribution in [0.25, 0.3) is 6.08 Å². The molecule has 0 heterocycles. The van der Waals surface area contributed by atoms with E-state index in [0.29, 0.717) is 44.7 Å². The molecule has 0 fully saturated rings. The standard InChI is InChI=1S/C33H29Cl2N3O4S/c1-3-30(33(41)37-25-15-16-29(42-2)27(35)20-25)43-26-14-8-13-24(19-26)36-32(40)28(18-21-9-7-12-23(34)17-21)38-31(39)22-10-5-4-6-11-22/h4-20,30H,3H2,1-2H3,(H,36,40)(H,37,41)(H,38,39)/b28-18-. The molecule has 1 unspecified atom stereocenters. The highest BCUT2D eigenvalue weighted by atomic mass is 35.5. The van der Waals surface area contributed by atoms with Gasteiger partial charge >= 0.3 is 0 Å². The van der Waals surface area contributed by atoms with E-state index in [-0.39, 0.29) is 11.6 Å². The molecule has 4 aromatic carbocycles. The molecule has 0 radical (unpaired) electrons. The first-order valence-electron chi connectivity index (χ1n) is 13.3. The summed E-state index contributed by atoms with van der Waals surface area (Å²) in [5, 5.41) is 8.96. The van der Waals surface area contributed by atoms with Gasteiger partial charge in [0.25, 0.3) is 11.8 Å². The van der Waals surface area contributed by atoms with Crippen molar-refractivity contribution < 1.29 is 19.1 Å². The highest BCUT2D eigenvalue weighted by Crippen LogP contribution is 2.31. The molecule has 0 bridgehead atoms. The molecule has 0 aliphatic carbocycles. The van der Waals surface area contributed by atoms with Gasteiger partial charge in [0.15, 0.2) is 0 Å². The van der Waals surface area contributed by atoms with Crippen molar-refractivity contribution in [3.63, 3.8) is 0 Å². The van der Waals surface area contributed by atoms with E-state index < -0.39 is 17.1 Å². The molecule has 0 aromatic heterocycles. The summed E-state index contributed by atoms with van der Waals surface area (Å²) in [4.78, 5) is 40.2. The molecule has 4 aromatic rings. The maximum absolute atomic E-state index is 13.4. The van der Waals surface area contributed by atoms with Gasteiger partial charge in [-0.3, -0.25) is 14.4 Å². The minimum absolute atomic E-state index is 0.0399. The van der Waals surface area contributed by atoms with Crippen molar-refractivity contribution in [3.05, 3.63) is 124 Å². The second kappa shape index (κ2) is 15.3. The van der Waals surface area contributed by atoms with Gasteiger partial charge in [-0.25, -0.2) is 0 Å². The number of thioether (sulfide) groups is 1. The van der Waals surface area contributed by atoms with Crippen molar-refractivity contribution in [3.8, 4) is 5.75 Å². The Morgan fingerprint density at radius 3 is 2.30 bits per heavy atom. The number of amides is 3. The Hall–Kier alpha value is -4.24. The van der Waals surface area contributed by atoms with Gasteiger partial charge < -0.3 is 20.7 Å². The number of rotatable bonds is 11. The summed E-state index contributed by atoms with van der Waals surface area (Å²) < 4.78 is 5.17. The third-order valence-corrected chi connectivity index (χ3v) is 8.03. The number of anilines is 2. The van der Waals surface area contributed by atoms with Gasteiger partial charge in [0.05, 0.1) is 17.4 Å². The Labute approximate surface area is 264 Å². The lowest BCUT2D eigenvalue weighted by Crippen LogP contribution is -2.30. The van der Waals surface area contributed by atoms with E-state index in [1.54, 1.807) is 97.1 Å². The summed E-state index contributed by atoms with van der Waals surface area (Å²) in [5.74, 6) is -0.612. The fourth-order valence-electron chi connectivity index (χ4n) is 4.00. The van der Waals surface area contributed by atoms with Crippen LogP contribution < -0.4 is 20.7 Å². The molecule has 220 valence electrons. The number of carbonyl (C=O) groups is 3. The second-order valence-corrected chi connectivity index (χ2v) is 11.4. The van der Waals surface area contributed by atoms with E-state index in [1.165, 1.54) is 18.9 Å². The molecule has 3 amide bonds. The van der Waals surface area contributed by atoms with E-state index >= 15 is 0 Å². The summed E-state index contributed by atoms with van der Waals surface area (Å²) in [7, 11) is 1.52. The average Bonchev–Trinajstić information content (AvgIpc) is 3.00. The maximum atomic E-state index is 13.4. The summed E-state index contributed by atoms with van der Waals surface area (Å²) in [6.45, 7) is 1.92. The summed E-state index contributed by atoms with van der Waals surface area (Å²) in [6, 6.07) is 27.8. The summed E-state index contributed by atoms with van der Waals surface area (Å²) in [6.07, 6.45) is 2.12. The SMILES string of the molecule is CCC(Sc1cccc(NC(=O)/C(=C/c2cccc(Cl)c2)NC(=O)c2ccccc2)c1)C(=O)Nc1ccc(OC)c(Cl)c1. The Bertz CT molecular complexity index is 1650. The average molecular weight is 635 g/mol. The first-order chi connectivity index (χ1) is 20.7. The Kier molecular flexibility index (Phi) is 11.3. The number of methoxy groups -OCH3 is 1. The van der Waals surface area contributed by atoms with Crippen LogP contribution in [0.4, 0.5) is 11.4 Å². The van der Waals surface area contributed by atoms with Gasteiger partial charge in [0.1, 0.15) is 11.4 Å². The molecule has 1 atom stereocenters. The lowest BCUT2D eigenvalue weighted by molar-refractivity contribution is -0.116. The van der Waals surface area contributed by atoms with Gasteiger partial charge in [-0.2, -0.15) is 0 Å². The third kappa shape index (κ3) is 9.12. The van der Waals surface area contributed by atoms with Crippen LogP contribution in [0, 0.1) is 0 Å². The van der Waals surface area contributed by atoms with E-state index in [2.05, 4.69) is 16.0 Å². The number of halogens is 2. The van der Waals surface area contributed by atoms with E-state index in [9.17, 15) is 14.4 Å². The maximum Gasteiger partial charge on any atom is 0.272 e. The second-order valence-electron chi connectivity index (χ2n) is 9.27. The zero-order valence-electron chi connectivity index (χ0n) is 23.4. The van der Waals surface area contributed by atoms with Gasteiger partial charge in [-0.15, -0.1) is 11.8 Å². The molecule has 0 aliphatic heterocycles. The number of hydrogen-bond acceptors (Lipinski definition) is 5. The Balaban J connectivity index is 1.49. The minimum atomic E-state index is -0.521. The van der Waals surface area contributed by atoms with Gasteiger partial charge in [0.2, 0.25) is 5.91 Å². The van der Waals surface area contributed by atoms with Crippen LogP contribution in [0.2, 0.25) is 10.0 Å². The Morgan fingerprint density at radius 1 is 0.860 bits per heavy atom. The quantitative estimate of drug-likeness (QED) is 0.115. The van der Waals surface area contributed by atoms with E-state index in [0.717, 1.165) is 4.90 Å². The van der Waals surface area contributed by atoms with Gasteiger partial charge in [-0.1, -0.05) is 66.5 Å². The zero-order valence-corrected chi connectivity index (χ0v) is 25.7. The topological polar surface area (TPSA) is 96.5 Å². The number of carbonyl (C=O) groups excluding carboxylic acids is 3. The van der Waals surface area contributed by atoms with Crippen molar-refractivity contribution in [1.29, 1.82) is 0 Å². The third-order valence-electron chi connectivity index (χ3n) is 6.14. The van der Waals surface area contributed by atoms with Crippen molar-refractivity contribution >= 4 is 70.1 Å². The molecule has 3 N–H and O–H groups in total. The molecule has 4 rings (SSSR count). The van der Waals surface area contributed by atoms with E-state index in [4.69, 9.17) is 27.9 Å². The van der Waals surface area contributed by atoms with Crippen molar-refractivity contribution in [1.82, 2.24) is 5.32 Å². The van der Waals surface area contributed by atoms with Gasteiger partial charge in [0, 0.05) is 26.9 Å².